The van der Waals surface area contributed by atoms with Gasteiger partial charge in [0.1, 0.15) is 0 Å². The molecule has 0 saturated carbocycles. The quantitative estimate of drug-likeness (QED) is 0.858. The molecule has 0 aromatic carbocycles. The lowest BCUT2D eigenvalue weighted by Crippen LogP contribution is -2.56. The fraction of sp³-hybridized carbons (Fsp3) is 0.786. The Labute approximate surface area is 110 Å². The summed E-state index contributed by atoms with van der Waals surface area (Å²) in [5.41, 5.74) is 1.35. The average molecular weight is 250 g/mol. The van der Waals surface area contributed by atoms with Crippen molar-refractivity contribution >= 4 is 0 Å². The Bertz CT molecular complexity index is 360. The van der Waals surface area contributed by atoms with Crippen LogP contribution >= 0.6 is 0 Å². The van der Waals surface area contributed by atoms with Crippen molar-refractivity contribution in [2.24, 2.45) is 7.05 Å². The summed E-state index contributed by atoms with van der Waals surface area (Å²) < 4.78 is 1.89. The van der Waals surface area contributed by atoms with Crippen LogP contribution < -0.4 is 5.32 Å². The van der Waals surface area contributed by atoms with Gasteiger partial charge in [-0.15, -0.1) is 0 Å². The normalized spacial score (nSPS) is 25.5. The van der Waals surface area contributed by atoms with Gasteiger partial charge in [0.2, 0.25) is 0 Å². The molecule has 0 radical (unpaired) electrons. The molecule has 4 nitrogen and oxygen atoms in total. The molecular formula is C14H26N4. The third-order valence-corrected chi connectivity index (χ3v) is 4.02. The summed E-state index contributed by atoms with van der Waals surface area (Å²) in [6.45, 7) is 8.04. The maximum atomic E-state index is 4.24. The lowest BCUT2D eigenvalue weighted by Gasteiger charge is -2.40. The van der Waals surface area contributed by atoms with Gasteiger partial charge in [-0.2, -0.15) is 5.10 Å². The number of aryl methyl sites for hydroxylation is 1. The van der Waals surface area contributed by atoms with Gasteiger partial charge in [0.15, 0.2) is 0 Å². The van der Waals surface area contributed by atoms with Crippen LogP contribution in [0.2, 0.25) is 0 Å². The minimum absolute atomic E-state index is 0.668. The Morgan fingerprint density at radius 2 is 2.22 bits per heavy atom. The predicted octanol–water partition coefficient (Wildman–Crippen LogP) is 1.42. The molecule has 1 N–H and O–H groups in total. The van der Waals surface area contributed by atoms with Crippen LogP contribution in [0.1, 0.15) is 32.3 Å². The second-order valence-corrected chi connectivity index (χ2v) is 5.34. The van der Waals surface area contributed by atoms with E-state index in [2.05, 4.69) is 35.4 Å². The molecule has 2 unspecified atom stereocenters. The third-order valence-electron chi connectivity index (χ3n) is 4.02. The van der Waals surface area contributed by atoms with Gasteiger partial charge < -0.3 is 5.32 Å². The van der Waals surface area contributed by atoms with Crippen LogP contribution in [0.3, 0.4) is 0 Å². The van der Waals surface area contributed by atoms with Crippen LogP contribution in [0.5, 0.6) is 0 Å². The number of aromatic nitrogens is 2. The second-order valence-electron chi connectivity index (χ2n) is 5.34. The first-order valence-electron chi connectivity index (χ1n) is 7.17. The first kappa shape index (κ1) is 13.6. The Morgan fingerprint density at radius 1 is 1.39 bits per heavy atom. The second kappa shape index (κ2) is 6.34. The average Bonchev–Trinajstić information content (AvgIpc) is 2.81. The largest absolute Gasteiger partial charge is 0.311 e. The number of nitrogens with one attached hydrogen (secondary N) is 1. The Kier molecular flexibility index (Phi) is 4.78. The lowest BCUT2D eigenvalue weighted by atomic mass is 10.0. The van der Waals surface area contributed by atoms with Crippen LogP contribution in [-0.2, 0) is 13.5 Å². The van der Waals surface area contributed by atoms with E-state index in [1.165, 1.54) is 24.9 Å². The maximum absolute atomic E-state index is 4.24. The first-order chi connectivity index (χ1) is 8.72. The number of hydrogen-bond acceptors (Lipinski definition) is 3. The number of nitrogens with zero attached hydrogens (tertiary/aromatic N) is 3. The van der Waals surface area contributed by atoms with Crippen LogP contribution in [-0.4, -0.2) is 46.4 Å². The third kappa shape index (κ3) is 3.33. The molecule has 2 rings (SSSR count). The Balaban J connectivity index is 1.88. The number of rotatable bonds is 5. The maximum Gasteiger partial charge on any atom is 0.0522 e. The molecule has 2 atom stereocenters. The van der Waals surface area contributed by atoms with E-state index in [-0.39, 0.29) is 0 Å². The Morgan fingerprint density at radius 3 is 2.83 bits per heavy atom. The molecule has 1 aliphatic heterocycles. The van der Waals surface area contributed by atoms with Gasteiger partial charge in [0.05, 0.1) is 6.20 Å². The van der Waals surface area contributed by atoms with Gasteiger partial charge in [-0.3, -0.25) is 9.58 Å². The van der Waals surface area contributed by atoms with Crippen molar-refractivity contribution in [1.82, 2.24) is 20.0 Å². The summed E-state index contributed by atoms with van der Waals surface area (Å²) in [4.78, 5) is 2.65. The van der Waals surface area contributed by atoms with Crippen molar-refractivity contribution < 1.29 is 0 Å². The van der Waals surface area contributed by atoms with E-state index in [4.69, 9.17) is 0 Å². The van der Waals surface area contributed by atoms with Crippen LogP contribution in [0.4, 0.5) is 0 Å². The summed E-state index contributed by atoms with van der Waals surface area (Å²) in [7, 11) is 1.98. The van der Waals surface area contributed by atoms with Crippen LogP contribution in [0.25, 0.3) is 0 Å². The summed E-state index contributed by atoms with van der Waals surface area (Å²) in [5.74, 6) is 0. The van der Waals surface area contributed by atoms with Crippen molar-refractivity contribution in [3.05, 3.63) is 18.0 Å². The molecule has 18 heavy (non-hydrogen) atoms. The summed E-state index contributed by atoms with van der Waals surface area (Å²) in [6, 6.07) is 1.37. The van der Waals surface area contributed by atoms with E-state index in [0.29, 0.717) is 12.1 Å². The first-order valence-corrected chi connectivity index (χ1v) is 7.17. The van der Waals surface area contributed by atoms with E-state index in [1.54, 1.807) is 0 Å². The molecule has 1 aromatic heterocycles. The monoisotopic (exact) mass is 250 g/mol. The molecule has 0 spiro atoms. The minimum Gasteiger partial charge on any atom is -0.311 e. The molecule has 1 fully saturated rings. The molecule has 0 aliphatic carbocycles. The van der Waals surface area contributed by atoms with Gasteiger partial charge in [0, 0.05) is 45.0 Å². The van der Waals surface area contributed by atoms with Crippen molar-refractivity contribution in [3.63, 3.8) is 0 Å². The van der Waals surface area contributed by atoms with E-state index in [1.807, 2.05) is 17.9 Å². The highest BCUT2D eigenvalue weighted by Crippen LogP contribution is 2.13. The number of hydrogen-bond donors (Lipinski definition) is 1. The standard InChI is InChI=1S/C14H26N4/c1-4-13-11-18(14(5-2)9-15-13)7-6-12-8-16-17(3)10-12/h8,10,13-15H,4-7,9,11H2,1-3H3. The van der Waals surface area contributed by atoms with E-state index >= 15 is 0 Å². The van der Waals surface area contributed by atoms with E-state index in [9.17, 15) is 0 Å². The zero-order chi connectivity index (χ0) is 13.0. The van der Waals surface area contributed by atoms with E-state index < -0.39 is 0 Å². The summed E-state index contributed by atoms with van der Waals surface area (Å²) in [6.07, 6.45) is 7.68. The van der Waals surface area contributed by atoms with Crippen molar-refractivity contribution in [1.29, 1.82) is 0 Å². The highest BCUT2D eigenvalue weighted by atomic mass is 15.2. The zero-order valence-electron chi connectivity index (χ0n) is 11.9. The predicted molar refractivity (Wildman–Crippen MR) is 74.6 cm³/mol. The van der Waals surface area contributed by atoms with Gasteiger partial charge in [-0.1, -0.05) is 13.8 Å². The SMILES string of the molecule is CCC1CN(CCc2cnn(C)c2)C(CC)CN1. The van der Waals surface area contributed by atoms with Crippen molar-refractivity contribution in [2.45, 2.75) is 45.2 Å². The Hall–Kier alpha value is -0.870. The highest BCUT2D eigenvalue weighted by Gasteiger charge is 2.25. The summed E-state index contributed by atoms with van der Waals surface area (Å²) in [5, 5.41) is 7.88. The molecule has 4 heteroatoms. The zero-order valence-corrected chi connectivity index (χ0v) is 11.9. The molecule has 0 amide bonds. The number of piperazine rings is 1. The van der Waals surface area contributed by atoms with Gasteiger partial charge in [-0.25, -0.2) is 0 Å². The smallest absolute Gasteiger partial charge is 0.0522 e. The molecule has 0 bridgehead atoms. The van der Waals surface area contributed by atoms with E-state index in [0.717, 1.165) is 19.5 Å². The molecule has 1 saturated heterocycles. The van der Waals surface area contributed by atoms with Crippen molar-refractivity contribution in [3.8, 4) is 0 Å². The van der Waals surface area contributed by atoms with Gasteiger partial charge in [0.25, 0.3) is 0 Å². The minimum atomic E-state index is 0.668. The molecule has 1 aromatic rings. The highest BCUT2D eigenvalue weighted by molar-refractivity contribution is 5.04. The fourth-order valence-electron chi connectivity index (χ4n) is 2.75. The lowest BCUT2D eigenvalue weighted by molar-refractivity contribution is 0.126. The molecule has 2 heterocycles. The topological polar surface area (TPSA) is 33.1 Å². The summed E-state index contributed by atoms with van der Waals surface area (Å²) >= 11 is 0. The molecular weight excluding hydrogens is 224 g/mol. The van der Waals surface area contributed by atoms with Gasteiger partial charge >= 0.3 is 0 Å². The van der Waals surface area contributed by atoms with Crippen LogP contribution in [0.15, 0.2) is 12.4 Å². The van der Waals surface area contributed by atoms with Crippen LogP contribution in [0, 0.1) is 0 Å². The fourth-order valence-corrected chi connectivity index (χ4v) is 2.75. The van der Waals surface area contributed by atoms with Crippen molar-refractivity contribution in [2.75, 3.05) is 19.6 Å². The molecule has 1 aliphatic rings. The van der Waals surface area contributed by atoms with Gasteiger partial charge in [-0.05, 0) is 24.8 Å². The molecule has 102 valence electrons.